The molecular formula is C9H9ClF3N5O2S. The fourth-order valence-corrected chi connectivity index (χ4v) is 2.92. The van der Waals surface area contributed by atoms with E-state index in [2.05, 4.69) is 15.8 Å². The van der Waals surface area contributed by atoms with E-state index >= 15 is 0 Å². The van der Waals surface area contributed by atoms with E-state index in [0.717, 1.165) is 12.1 Å². The van der Waals surface area contributed by atoms with Gasteiger partial charge < -0.3 is 5.73 Å². The van der Waals surface area contributed by atoms with Gasteiger partial charge in [-0.15, -0.1) is 0 Å². The lowest BCUT2D eigenvalue weighted by atomic mass is 10.1. The Bertz CT molecular complexity index is 721. The van der Waals surface area contributed by atoms with Gasteiger partial charge in [0.15, 0.2) is 0 Å². The van der Waals surface area contributed by atoms with Crippen LogP contribution in [0.25, 0.3) is 0 Å². The standard InChI is InChI=1S/C9H9ClF3N5O2S/c10-5-3-4(8(15)16-7(14)17-18-8)1-2-6(5)21(19,20)9(11,12)13/h1-3,18H,15H2,(H3,14,16,17). The van der Waals surface area contributed by atoms with Crippen molar-refractivity contribution in [1.82, 2.24) is 10.9 Å². The lowest BCUT2D eigenvalue weighted by Crippen LogP contribution is -2.50. The second-order valence-corrected chi connectivity index (χ2v) is 6.42. The lowest BCUT2D eigenvalue weighted by Gasteiger charge is -2.21. The first-order valence-corrected chi connectivity index (χ1v) is 7.12. The quantitative estimate of drug-likeness (QED) is 0.605. The van der Waals surface area contributed by atoms with Gasteiger partial charge in [-0.2, -0.15) is 18.6 Å². The number of hydrogen-bond donors (Lipinski definition) is 4. The van der Waals surface area contributed by atoms with Crippen molar-refractivity contribution < 1.29 is 21.6 Å². The average molecular weight is 344 g/mol. The van der Waals surface area contributed by atoms with Gasteiger partial charge in [0.2, 0.25) is 11.7 Å². The summed E-state index contributed by atoms with van der Waals surface area (Å²) < 4.78 is 60.1. The van der Waals surface area contributed by atoms with Crippen LogP contribution in [-0.2, 0) is 15.6 Å². The molecule has 0 amide bonds. The Morgan fingerprint density at radius 1 is 1.33 bits per heavy atom. The zero-order valence-corrected chi connectivity index (χ0v) is 11.6. The average Bonchev–Trinajstić information content (AvgIpc) is 2.68. The van der Waals surface area contributed by atoms with Crippen LogP contribution in [0.15, 0.2) is 28.1 Å². The SMILES string of the molecule is NC1=NC(N)(c2ccc(S(=O)(=O)C(F)(F)F)c(Cl)c2)NN1. The highest BCUT2D eigenvalue weighted by Gasteiger charge is 2.48. The van der Waals surface area contributed by atoms with Gasteiger partial charge in [0.1, 0.15) is 0 Å². The number of rotatable bonds is 2. The highest BCUT2D eigenvalue weighted by molar-refractivity contribution is 7.92. The number of aliphatic imine (C=N–C) groups is 1. The maximum Gasteiger partial charge on any atom is 0.501 e. The summed E-state index contributed by atoms with van der Waals surface area (Å²) in [5.74, 6) is -1.60. The maximum absolute atomic E-state index is 12.5. The molecule has 1 aromatic carbocycles. The van der Waals surface area contributed by atoms with E-state index < -0.39 is 31.1 Å². The number of alkyl halides is 3. The Hall–Kier alpha value is -1.56. The molecule has 0 bridgehead atoms. The van der Waals surface area contributed by atoms with Crippen molar-refractivity contribution in [2.75, 3.05) is 0 Å². The number of benzene rings is 1. The van der Waals surface area contributed by atoms with Crippen molar-refractivity contribution in [1.29, 1.82) is 0 Å². The van der Waals surface area contributed by atoms with Crippen molar-refractivity contribution >= 4 is 27.4 Å². The number of halogens is 4. The van der Waals surface area contributed by atoms with Crippen molar-refractivity contribution in [3.05, 3.63) is 28.8 Å². The molecule has 0 aliphatic carbocycles. The number of hydrazine groups is 1. The molecule has 116 valence electrons. The van der Waals surface area contributed by atoms with Crippen LogP contribution in [0.2, 0.25) is 5.02 Å². The molecule has 0 saturated heterocycles. The van der Waals surface area contributed by atoms with Gasteiger partial charge in [0.05, 0.1) is 9.92 Å². The Morgan fingerprint density at radius 2 is 1.95 bits per heavy atom. The summed E-state index contributed by atoms with van der Waals surface area (Å²) >= 11 is 5.63. The number of sulfone groups is 1. The van der Waals surface area contributed by atoms with E-state index in [0.29, 0.717) is 6.07 Å². The smallest absolute Gasteiger partial charge is 0.369 e. The van der Waals surface area contributed by atoms with Crippen LogP contribution < -0.4 is 22.3 Å². The van der Waals surface area contributed by atoms with Crippen molar-refractivity contribution in [2.45, 2.75) is 16.2 Å². The molecule has 7 nitrogen and oxygen atoms in total. The third-order valence-electron chi connectivity index (χ3n) is 2.64. The molecule has 1 aliphatic rings. The van der Waals surface area contributed by atoms with Gasteiger partial charge in [-0.05, 0) is 12.1 Å². The third-order valence-corrected chi connectivity index (χ3v) is 4.61. The van der Waals surface area contributed by atoms with Crippen molar-refractivity contribution in [3.63, 3.8) is 0 Å². The molecule has 0 spiro atoms. The molecule has 6 N–H and O–H groups in total. The molecule has 21 heavy (non-hydrogen) atoms. The molecule has 1 atom stereocenters. The highest BCUT2D eigenvalue weighted by atomic mass is 35.5. The van der Waals surface area contributed by atoms with E-state index in [1.165, 1.54) is 0 Å². The van der Waals surface area contributed by atoms with Crippen LogP contribution in [0.5, 0.6) is 0 Å². The van der Waals surface area contributed by atoms with Gasteiger partial charge >= 0.3 is 5.51 Å². The first-order chi connectivity index (χ1) is 9.47. The van der Waals surface area contributed by atoms with Crippen LogP contribution in [0.4, 0.5) is 13.2 Å². The molecule has 1 heterocycles. The molecule has 1 unspecified atom stereocenters. The highest BCUT2D eigenvalue weighted by Crippen LogP contribution is 2.35. The van der Waals surface area contributed by atoms with Crippen LogP contribution in [-0.4, -0.2) is 19.9 Å². The summed E-state index contributed by atoms with van der Waals surface area (Å²) in [4.78, 5) is 2.73. The minimum Gasteiger partial charge on any atom is -0.369 e. The first kappa shape index (κ1) is 15.8. The largest absolute Gasteiger partial charge is 0.501 e. The van der Waals surface area contributed by atoms with Gasteiger partial charge in [-0.1, -0.05) is 17.7 Å². The van der Waals surface area contributed by atoms with E-state index in [4.69, 9.17) is 23.1 Å². The molecule has 12 heteroatoms. The van der Waals surface area contributed by atoms with Crippen molar-refractivity contribution in [3.8, 4) is 0 Å². The fourth-order valence-electron chi connectivity index (χ4n) is 1.62. The minimum atomic E-state index is -5.55. The monoisotopic (exact) mass is 343 g/mol. The minimum absolute atomic E-state index is 0.0411. The zero-order valence-electron chi connectivity index (χ0n) is 10.1. The van der Waals surface area contributed by atoms with Crippen LogP contribution in [0, 0.1) is 0 Å². The molecule has 0 aromatic heterocycles. The van der Waals surface area contributed by atoms with Crippen LogP contribution in [0.3, 0.4) is 0 Å². The van der Waals surface area contributed by atoms with E-state index in [9.17, 15) is 21.6 Å². The Balaban J connectivity index is 2.50. The lowest BCUT2D eigenvalue weighted by molar-refractivity contribution is -0.0436. The summed E-state index contributed by atoms with van der Waals surface area (Å²) in [6.45, 7) is 0. The van der Waals surface area contributed by atoms with Gasteiger partial charge in [0.25, 0.3) is 9.84 Å². The third kappa shape index (κ3) is 2.64. The molecule has 1 aliphatic heterocycles. The Morgan fingerprint density at radius 3 is 2.38 bits per heavy atom. The predicted octanol–water partition coefficient (Wildman–Crippen LogP) is 0.125. The van der Waals surface area contributed by atoms with Gasteiger partial charge in [-0.3, -0.25) is 11.2 Å². The maximum atomic E-state index is 12.5. The summed E-state index contributed by atoms with van der Waals surface area (Å²) in [7, 11) is -5.55. The number of guanidine groups is 1. The number of hydrogen-bond acceptors (Lipinski definition) is 7. The summed E-state index contributed by atoms with van der Waals surface area (Å²) in [5, 5.41) is -0.628. The van der Waals surface area contributed by atoms with Gasteiger partial charge in [-0.25, -0.2) is 13.4 Å². The molecule has 1 aromatic rings. The topological polar surface area (TPSA) is 123 Å². The second-order valence-electron chi connectivity index (χ2n) is 4.11. The number of nitrogens with one attached hydrogen (secondary N) is 2. The Labute approximate surface area is 122 Å². The zero-order chi connectivity index (χ0) is 16.1. The van der Waals surface area contributed by atoms with E-state index in [-0.39, 0.29) is 11.5 Å². The fraction of sp³-hybridized carbons (Fsp3) is 0.222. The summed E-state index contributed by atoms with van der Waals surface area (Å²) in [6, 6.07) is 2.74. The molecular weight excluding hydrogens is 335 g/mol. The normalized spacial score (nSPS) is 22.8. The molecule has 0 radical (unpaired) electrons. The van der Waals surface area contributed by atoms with Crippen LogP contribution >= 0.6 is 11.6 Å². The predicted molar refractivity (Wildman–Crippen MR) is 68.5 cm³/mol. The first-order valence-electron chi connectivity index (χ1n) is 5.26. The van der Waals surface area contributed by atoms with Crippen LogP contribution in [0.1, 0.15) is 5.56 Å². The summed E-state index contributed by atoms with van der Waals surface area (Å²) in [6.07, 6.45) is 0. The number of nitrogens with zero attached hydrogens (tertiary/aromatic N) is 1. The number of nitrogens with two attached hydrogens (primary N) is 2. The second kappa shape index (κ2) is 4.73. The molecule has 0 saturated carbocycles. The summed E-state index contributed by atoms with van der Waals surface area (Å²) in [5.41, 5.74) is 10.7. The Kier molecular flexibility index (Phi) is 3.56. The van der Waals surface area contributed by atoms with E-state index in [1.54, 1.807) is 0 Å². The molecule has 0 fully saturated rings. The molecule has 2 rings (SSSR count). The van der Waals surface area contributed by atoms with E-state index in [1.807, 2.05) is 0 Å². The van der Waals surface area contributed by atoms with Gasteiger partial charge in [0, 0.05) is 5.56 Å². The van der Waals surface area contributed by atoms with Crippen molar-refractivity contribution in [2.24, 2.45) is 16.5 Å².